The maximum Gasteiger partial charge on any atom is 0.00550 e. The number of rotatable bonds is 3. The summed E-state index contributed by atoms with van der Waals surface area (Å²) in [7, 11) is 0. The van der Waals surface area contributed by atoms with E-state index < -0.39 is 0 Å². The van der Waals surface area contributed by atoms with Crippen molar-refractivity contribution in [3.8, 4) is 0 Å². The van der Waals surface area contributed by atoms with Gasteiger partial charge in [-0.05, 0) is 48.9 Å². The van der Waals surface area contributed by atoms with Gasteiger partial charge in [-0.25, -0.2) is 0 Å². The fourth-order valence-corrected chi connectivity index (χ4v) is 6.80. The summed E-state index contributed by atoms with van der Waals surface area (Å²) in [5, 5.41) is 1.78. The van der Waals surface area contributed by atoms with Crippen LogP contribution in [0.25, 0.3) is 0 Å². The molecule has 0 aromatic carbocycles. The minimum atomic E-state index is 0.694. The van der Waals surface area contributed by atoms with Crippen LogP contribution in [-0.4, -0.2) is 10.5 Å². The van der Waals surface area contributed by atoms with Gasteiger partial charge in [-0.3, -0.25) is 0 Å². The largest absolute Gasteiger partial charge is 0.155 e. The Hall–Kier alpha value is 0.350. The van der Waals surface area contributed by atoms with Crippen LogP contribution in [0.15, 0.2) is 0 Å². The number of hydrogen-bond donors (Lipinski definition) is 0. The summed E-state index contributed by atoms with van der Waals surface area (Å²) in [5.74, 6) is 2.95. The molecule has 17 heavy (non-hydrogen) atoms. The quantitative estimate of drug-likeness (QED) is 0.652. The van der Waals surface area contributed by atoms with E-state index in [1.807, 2.05) is 0 Å². The molecule has 1 aliphatic carbocycles. The van der Waals surface area contributed by atoms with Crippen molar-refractivity contribution in [1.29, 1.82) is 0 Å². The number of hydrogen-bond acceptors (Lipinski definition) is 1. The van der Waals surface area contributed by atoms with E-state index in [2.05, 4.69) is 46.4 Å². The molecule has 0 aromatic rings. The first-order valence-electron chi connectivity index (χ1n) is 7.70. The molecule has 1 saturated heterocycles. The first kappa shape index (κ1) is 13.8. The molecule has 6 atom stereocenters. The zero-order valence-corrected chi connectivity index (χ0v) is 13.1. The second kappa shape index (κ2) is 5.15. The highest BCUT2D eigenvalue weighted by atomic mass is 32.2. The molecule has 0 nitrogen and oxygen atoms in total. The Morgan fingerprint density at radius 1 is 1.24 bits per heavy atom. The zero-order valence-electron chi connectivity index (χ0n) is 12.3. The van der Waals surface area contributed by atoms with Gasteiger partial charge in [0.25, 0.3) is 0 Å². The van der Waals surface area contributed by atoms with Crippen molar-refractivity contribution < 1.29 is 0 Å². The molecule has 0 amide bonds. The fraction of sp³-hybridized carbons (Fsp3) is 1.00. The Bertz CT molecular complexity index is 262. The standard InChI is InChI=1S/C16H30S/c1-6-11(3)14-8-9-15-13(5)17-12(4)10-16(14,15)7-2/h11-15H,6-10H2,1-5H3. The van der Waals surface area contributed by atoms with Crippen molar-refractivity contribution in [2.24, 2.45) is 23.2 Å². The van der Waals surface area contributed by atoms with Gasteiger partial charge in [-0.2, -0.15) is 11.8 Å². The Labute approximate surface area is 112 Å². The van der Waals surface area contributed by atoms with Crippen LogP contribution in [-0.2, 0) is 0 Å². The minimum Gasteiger partial charge on any atom is -0.155 e. The van der Waals surface area contributed by atoms with E-state index in [9.17, 15) is 0 Å². The van der Waals surface area contributed by atoms with Crippen LogP contribution in [0, 0.1) is 23.2 Å². The van der Waals surface area contributed by atoms with Crippen LogP contribution in [0.2, 0.25) is 0 Å². The molecule has 1 heteroatoms. The van der Waals surface area contributed by atoms with Gasteiger partial charge in [-0.15, -0.1) is 0 Å². The third-order valence-electron chi connectivity index (χ3n) is 5.94. The SMILES string of the molecule is CCC(C)C1CCC2C(C)SC(C)CC12CC. The van der Waals surface area contributed by atoms with Gasteiger partial charge in [-0.1, -0.05) is 41.0 Å². The molecule has 1 saturated carbocycles. The molecule has 100 valence electrons. The van der Waals surface area contributed by atoms with Gasteiger partial charge < -0.3 is 0 Å². The number of fused-ring (bicyclic) bond motifs is 1. The van der Waals surface area contributed by atoms with E-state index in [0.717, 1.165) is 28.3 Å². The second-order valence-electron chi connectivity index (χ2n) is 6.62. The first-order chi connectivity index (χ1) is 8.05. The zero-order chi connectivity index (χ0) is 12.6. The predicted molar refractivity (Wildman–Crippen MR) is 79.5 cm³/mol. The van der Waals surface area contributed by atoms with Crippen LogP contribution < -0.4 is 0 Å². The molecular weight excluding hydrogens is 224 g/mol. The fourth-order valence-electron chi connectivity index (χ4n) is 5.06. The minimum absolute atomic E-state index is 0.694. The second-order valence-corrected chi connectivity index (χ2v) is 8.44. The Morgan fingerprint density at radius 3 is 2.53 bits per heavy atom. The molecule has 0 aromatic heterocycles. The summed E-state index contributed by atoms with van der Waals surface area (Å²) in [6.45, 7) is 12.3. The first-order valence-corrected chi connectivity index (χ1v) is 8.64. The molecule has 2 aliphatic rings. The molecule has 1 heterocycles. The Kier molecular flexibility index (Phi) is 4.17. The molecule has 0 N–H and O–H groups in total. The Morgan fingerprint density at radius 2 is 1.94 bits per heavy atom. The molecular formula is C16H30S. The predicted octanol–water partition coefficient (Wildman–Crippen LogP) is 5.37. The van der Waals surface area contributed by atoms with E-state index in [4.69, 9.17) is 0 Å². The smallest absolute Gasteiger partial charge is 0.00550 e. The summed E-state index contributed by atoms with van der Waals surface area (Å²) in [6, 6.07) is 0. The molecule has 0 spiro atoms. The highest BCUT2D eigenvalue weighted by molar-refractivity contribution is 8.00. The van der Waals surface area contributed by atoms with Crippen LogP contribution in [0.1, 0.15) is 66.7 Å². The maximum atomic E-state index is 2.50. The molecule has 6 unspecified atom stereocenters. The molecule has 2 rings (SSSR count). The highest BCUT2D eigenvalue weighted by Crippen LogP contribution is 2.62. The lowest BCUT2D eigenvalue weighted by Gasteiger charge is -2.50. The molecule has 2 fully saturated rings. The molecule has 0 radical (unpaired) electrons. The van der Waals surface area contributed by atoms with Crippen molar-refractivity contribution in [2.75, 3.05) is 0 Å². The summed E-state index contributed by atoms with van der Waals surface area (Å²) < 4.78 is 0. The van der Waals surface area contributed by atoms with Crippen LogP contribution in [0.3, 0.4) is 0 Å². The van der Waals surface area contributed by atoms with E-state index >= 15 is 0 Å². The van der Waals surface area contributed by atoms with Crippen molar-refractivity contribution in [1.82, 2.24) is 0 Å². The summed E-state index contributed by atoms with van der Waals surface area (Å²) in [5.41, 5.74) is 0.694. The normalized spacial score (nSPS) is 47.8. The lowest BCUT2D eigenvalue weighted by Crippen LogP contribution is -2.44. The van der Waals surface area contributed by atoms with Crippen molar-refractivity contribution in [2.45, 2.75) is 77.2 Å². The van der Waals surface area contributed by atoms with Crippen LogP contribution in [0.4, 0.5) is 0 Å². The average Bonchev–Trinajstić information content (AvgIpc) is 2.68. The third kappa shape index (κ3) is 2.17. The van der Waals surface area contributed by atoms with E-state index in [1.165, 1.54) is 32.1 Å². The molecule has 1 aliphatic heterocycles. The van der Waals surface area contributed by atoms with Gasteiger partial charge in [0.1, 0.15) is 0 Å². The summed E-state index contributed by atoms with van der Waals surface area (Å²) >= 11 is 2.25. The Balaban J connectivity index is 2.27. The van der Waals surface area contributed by atoms with Crippen LogP contribution in [0.5, 0.6) is 0 Å². The van der Waals surface area contributed by atoms with E-state index in [-0.39, 0.29) is 0 Å². The van der Waals surface area contributed by atoms with E-state index in [0.29, 0.717) is 5.41 Å². The van der Waals surface area contributed by atoms with Crippen LogP contribution >= 0.6 is 11.8 Å². The average molecular weight is 254 g/mol. The van der Waals surface area contributed by atoms with Gasteiger partial charge in [0.05, 0.1) is 0 Å². The van der Waals surface area contributed by atoms with Crippen molar-refractivity contribution in [3.63, 3.8) is 0 Å². The molecule has 0 bridgehead atoms. The van der Waals surface area contributed by atoms with Gasteiger partial charge in [0.2, 0.25) is 0 Å². The maximum absolute atomic E-state index is 2.50. The number of thioether (sulfide) groups is 1. The van der Waals surface area contributed by atoms with Crippen molar-refractivity contribution >= 4 is 11.8 Å². The lowest BCUT2D eigenvalue weighted by atomic mass is 9.62. The topological polar surface area (TPSA) is 0 Å². The third-order valence-corrected chi connectivity index (χ3v) is 7.32. The van der Waals surface area contributed by atoms with Gasteiger partial charge in [0.15, 0.2) is 0 Å². The van der Waals surface area contributed by atoms with E-state index in [1.54, 1.807) is 0 Å². The van der Waals surface area contributed by atoms with Crippen molar-refractivity contribution in [3.05, 3.63) is 0 Å². The lowest BCUT2D eigenvalue weighted by molar-refractivity contribution is 0.0679. The summed E-state index contributed by atoms with van der Waals surface area (Å²) in [6.07, 6.45) is 7.28. The van der Waals surface area contributed by atoms with Gasteiger partial charge >= 0.3 is 0 Å². The highest BCUT2D eigenvalue weighted by Gasteiger charge is 2.54. The summed E-state index contributed by atoms with van der Waals surface area (Å²) in [4.78, 5) is 0. The van der Waals surface area contributed by atoms with Gasteiger partial charge in [0, 0.05) is 10.5 Å². The monoisotopic (exact) mass is 254 g/mol.